The number of nitrogens with zero attached hydrogens (tertiary/aromatic N) is 2. The van der Waals surface area contributed by atoms with Gasteiger partial charge in [-0.2, -0.15) is 0 Å². The zero-order valence-corrected chi connectivity index (χ0v) is 15.0. The van der Waals surface area contributed by atoms with E-state index in [4.69, 9.17) is 4.74 Å². The van der Waals surface area contributed by atoms with Crippen molar-refractivity contribution >= 4 is 38.3 Å². The summed E-state index contributed by atoms with van der Waals surface area (Å²) in [5, 5.41) is 0.565. The van der Waals surface area contributed by atoms with Gasteiger partial charge in [0.2, 0.25) is 0 Å². The second-order valence-corrected chi connectivity index (χ2v) is 6.78. The summed E-state index contributed by atoms with van der Waals surface area (Å²) in [7, 11) is 0. The van der Waals surface area contributed by atoms with Gasteiger partial charge in [-0.05, 0) is 36.4 Å². The lowest BCUT2D eigenvalue weighted by molar-refractivity contribution is -0.119. The van der Waals surface area contributed by atoms with Gasteiger partial charge in [-0.25, -0.2) is 9.37 Å². The molecule has 0 aliphatic rings. The molecule has 1 amide bonds. The van der Waals surface area contributed by atoms with Gasteiger partial charge in [-0.15, -0.1) is 0 Å². The first-order chi connectivity index (χ1) is 13.2. The van der Waals surface area contributed by atoms with Crippen molar-refractivity contribution in [1.82, 2.24) is 4.98 Å². The van der Waals surface area contributed by atoms with Crippen molar-refractivity contribution in [2.45, 2.75) is 0 Å². The molecule has 0 saturated heterocycles. The average Bonchev–Trinajstić information content (AvgIpc) is 3.11. The molecule has 1 aromatic heterocycles. The van der Waals surface area contributed by atoms with Crippen LogP contribution < -0.4 is 9.64 Å². The first kappa shape index (κ1) is 17.2. The Morgan fingerprint density at radius 2 is 1.78 bits per heavy atom. The molecule has 0 aliphatic carbocycles. The van der Waals surface area contributed by atoms with Crippen LogP contribution in [0.4, 0.5) is 15.2 Å². The number of carbonyl (C=O) groups excluding carboxylic acids is 1. The highest BCUT2D eigenvalue weighted by Gasteiger charge is 2.22. The first-order valence-electron chi connectivity index (χ1n) is 8.33. The number of benzene rings is 3. The molecule has 27 heavy (non-hydrogen) atoms. The van der Waals surface area contributed by atoms with E-state index in [1.807, 2.05) is 54.6 Å². The lowest BCUT2D eigenvalue weighted by Crippen LogP contribution is -2.30. The summed E-state index contributed by atoms with van der Waals surface area (Å²) in [6.07, 6.45) is 0. The van der Waals surface area contributed by atoms with Crippen molar-refractivity contribution in [1.29, 1.82) is 0 Å². The van der Waals surface area contributed by atoms with Gasteiger partial charge >= 0.3 is 0 Å². The third-order valence-electron chi connectivity index (χ3n) is 3.90. The Labute approximate surface area is 159 Å². The van der Waals surface area contributed by atoms with Crippen LogP contribution in [0, 0.1) is 5.82 Å². The van der Waals surface area contributed by atoms with Gasteiger partial charge in [0.05, 0.1) is 15.9 Å². The number of carbonyl (C=O) groups is 1. The van der Waals surface area contributed by atoms with Crippen molar-refractivity contribution in [3.05, 3.63) is 84.7 Å². The van der Waals surface area contributed by atoms with Gasteiger partial charge in [0, 0.05) is 6.07 Å². The van der Waals surface area contributed by atoms with Crippen molar-refractivity contribution in [3.63, 3.8) is 0 Å². The lowest BCUT2D eigenvalue weighted by Gasteiger charge is -2.20. The van der Waals surface area contributed by atoms with Crippen LogP contribution in [0.2, 0.25) is 0 Å². The zero-order chi connectivity index (χ0) is 18.6. The van der Waals surface area contributed by atoms with E-state index in [1.165, 1.54) is 34.4 Å². The summed E-state index contributed by atoms with van der Waals surface area (Å²) < 4.78 is 19.8. The number of aromatic nitrogens is 1. The highest BCUT2D eigenvalue weighted by Crippen LogP contribution is 2.33. The van der Waals surface area contributed by atoms with E-state index in [-0.39, 0.29) is 12.5 Å². The summed E-state index contributed by atoms with van der Waals surface area (Å²) in [5.41, 5.74) is 1.53. The Balaban J connectivity index is 1.64. The van der Waals surface area contributed by atoms with E-state index in [2.05, 4.69) is 4.98 Å². The standard InChI is InChI=1S/C21H15FN2O2S/c22-15-7-6-10-17(13-15)26-14-20(25)24(16-8-2-1-3-9-16)21-23-18-11-4-5-12-19(18)27-21/h1-13H,14H2. The molecule has 0 atom stereocenters. The quantitative estimate of drug-likeness (QED) is 0.481. The second-order valence-electron chi connectivity index (χ2n) is 5.77. The minimum absolute atomic E-state index is 0.228. The van der Waals surface area contributed by atoms with E-state index in [0.717, 1.165) is 10.2 Å². The normalized spacial score (nSPS) is 10.7. The van der Waals surface area contributed by atoms with Crippen molar-refractivity contribution in [2.24, 2.45) is 0 Å². The summed E-state index contributed by atoms with van der Waals surface area (Å²) in [5.74, 6) is -0.392. The summed E-state index contributed by atoms with van der Waals surface area (Å²) in [6, 6.07) is 22.7. The molecule has 0 bridgehead atoms. The molecule has 0 unspecified atom stereocenters. The van der Waals surface area contributed by atoms with E-state index >= 15 is 0 Å². The number of anilines is 2. The molecule has 0 aliphatic heterocycles. The van der Waals surface area contributed by atoms with Gasteiger partial charge in [0.15, 0.2) is 11.7 Å². The Bertz CT molecular complexity index is 1050. The van der Waals surface area contributed by atoms with E-state index in [0.29, 0.717) is 16.6 Å². The average molecular weight is 378 g/mol. The predicted molar refractivity (Wildman–Crippen MR) is 105 cm³/mol. The smallest absolute Gasteiger partial charge is 0.271 e. The van der Waals surface area contributed by atoms with Gasteiger partial charge in [-0.3, -0.25) is 9.69 Å². The first-order valence-corrected chi connectivity index (χ1v) is 9.14. The molecule has 0 spiro atoms. The van der Waals surface area contributed by atoms with Gasteiger partial charge in [0.25, 0.3) is 5.91 Å². The number of thiazole rings is 1. The van der Waals surface area contributed by atoms with Gasteiger partial charge in [0.1, 0.15) is 11.6 Å². The number of para-hydroxylation sites is 2. The van der Waals surface area contributed by atoms with Gasteiger partial charge in [-0.1, -0.05) is 47.7 Å². The molecule has 4 nitrogen and oxygen atoms in total. The maximum Gasteiger partial charge on any atom is 0.271 e. The molecule has 4 aromatic rings. The minimum atomic E-state index is -0.411. The molecule has 6 heteroatoms. The molecule has 3 aromatic carbocycles. The molecule has 0 radical (unpaired) electrons. The monoisotopic (exact) mass is 378 g/mol. The Hall–Kier alpha value is -3.25. The largest absolute Gasteiger partial charge is 0.484 e. The Morgan fingerprint density at radius 3 is 2.56 bits per heavy atom. The minimum Gasteiger partial charge on any atom is -0.484 e. The van der Waals surface area contributed by atoms with E-state index in [9.17, 15) is 9.18 Å². The van der Waals surface area contributed by atoms with Crippen LogP contribution in [0.3, 0.4) is 0 Å². The maximum atomic E-state index is 13.3. The second kappa shape index (κ2) is 7.55. The summed E-state index contributed by atoms with van der Waals surface area (Å²) >= 11 is 1.43. The van der Waals surface area contributed by atoms with Crippen molar-refractivity contribution in [3.8, 4) is 5.75 Å². The number of amides is 1. The van der Waals surface area contributed by atoms with Crippen molar-refractivity contribution < 1.29 is 13.9 Å². The maximum absolute atomic E-state index is 13.3. The van der Waals surface area contributed by atoms with Crippen LogP contribution >= 0.6 is 11.3 Å². The third kappa shape index (κ3) is 3.80. The van der Waals surface area contributed by atoms with Crippen LogP contribution in [0.1, 0.15) is 0 Å². The van der Waals surface area contributed by atoms with Gasteiger partial charge < -0.3 is 4.74 Å². The van der Waals surface area contributed by atoms with Crippen LogP contribution in [-0.4, -0.2) is 17.5 Å². The fourth-order valence-corrected chi connectivity index (χ4v) is 3.66. The summed E-state index contributed by atoms with van der Waals surface area (Å²) in [6.45, 7) is -0.228. The topological polar surface area (TPSA) is 42.4 Å². The molecular formula is C21H15FN2O2S. The summed E-state index contributed by atoms with van der Waals surface area (Å²) in [4.78, 5) is 19.1. The Kier molecular flexibility index (Phi) is 4.80. The van der Waals surface area contributed by atoms with Crippen molar-refractivity contribution in [2.75, 3.05) is 11.5 Å². The highest BCUT2D eigenvalue weighted by atomic mass is 32.1. The SMILES string of the molecule is O=C(COc1cccc(F)c1)N(c1ccccc1)c1nc2ccccc2s1. The number of halogens is 1. The number of ether oxygens (including phenoxy) is 1. The zero-order valence-electron chi connectivity index (χ0n) is 14.2. The van der Waals surface area contributed by atoms with Crippen LogP contribution in [-0.2, 0) is 4.79 Å². The number of rotatable bonds is 5. The van der Waals surface area contributed by atoms with E-state index in [1.54, 1.807) is 6.07 Å². The molecule has 134 valence electrons. The third-order valence-corrected chi connectivity index (χ3v) is 4.92. The fraction of sp³-hybridized carbons (Fsp3) is 0.0476. The van der Waals surface area contributed by atoms with E-state index < -0.39 is 5.82 Å². The number of hydrogen-bond donors (Lipinski definition) is 0. The Morgan fingerprint density at radius 1 is 1.00 bits per heavy atom. The lowest BCUT2D eigenvalue weighted by atomic mass is 10.3. The predicted octanol–water partition coefficient (Wildman–Crippen LogP) is 5.18. The molecule has 0 fully saturated rings. The fourth-order valence-electron chi connectivity index (χ4n) is 2.66. The molecule has 0 saturated carbocycles. The molecule has 1 heterocycles. The molecular weight excluding hydrogens is 363 g/mol. The molecule has 0 N–H and O–H groups in total. The number of hydrogen-bond acceptors (Lipinski definition) is 4. The van der Waals surface area contributed by atoms with Crippen LogP contribution in [0.15, 0.2) is 78.9 Å². The highest BCUT2D eigenvalue weighted by molar-refractivity contribution is 7.22. The van der Waals surface area contributed by atoms with Crippen LogP contribution in [0.5, 0.6) is 5.75 Å². The van der Waals surface area contributed by atoms with Crippen LogP contribution in [0.25, 0.3) is 10.2 Å². The number of fused-ring (bicyclic) bond motifs is 1. The molecule has 4 rings (SSSR count).